The average Bonchev–Trinajstić information content (AvgIpc) is 2.92. The Morgan fingerprint density at radius 1 is 1.22 bits per heavy atom. The molecule has 1 N–H and O–H groups in total. The summed E-state index contributed by atoms with van der Waals surface area (Å²) in [7, 11) is 3.15. The summed E-state index contributed by atoms with van der Waals surface area (Å²) in [4.78, 5) is 13.7. The number of urea groups is 1. The average molecular weight is 248 g/mol. The number of carbonyl (C=O) groups excluding carboxylic acids is 1. The van der Waals surface area contributed by atoms with Gasteiger partial charge in [-0.1, -0.05) is 12.2 Å². The molecule has 2 rings (SSSR count). The highest BCUT2D eigenvalue weighted by Gasteiger charge is 2.16. The van der Waals surface area contributed by atoms with Gasteiger partial charge >= 0.3 is 6.03 Å². The fraction of sp³-hybridized carbons (Fsp3) is 0.308. The van der Waals surface area contributed by atoms with Gasteiger partial charge in [0, 0.05) is 19.2 Å². The van der Waals surface area contributed by atoms with Gasteiger partial charge in [-0.3, -0.25) is 0 Å². The van der Waals surface area contributed by atoms with E-state index in [-0.39, 0.29) is 6.03 Å². The van der Waals surface area contributed by atoms with Crippen molar-refractivity contribution < 1.29 is 14.3 Å². The van der Waals surface area contributed by atoms with Crippen LogP contribution in [-0.4, -0.2) is 38.2 Å². The third-order valence-electron chi connectivity index (χ3n) is 2.75. The number of benzene rings is 1. The number of carbonyl (C=O) groups is 1. The quantitative estimate of drug-likeness (QED) is 0.833. The van der Waals surface area contributed by atoms with Gasteiger partial charge in [0.1, 0.15) is 11.5 Å². The summed E-state index contributed by atoms with van der Waals surface area (Å²) in [6, 6.07) is 5.13. The lowest BCUT2D eigenvalue weighted by Crippen LogP contribution is -2.32. The third-order valence-corrected chi connectivity index (χ3v) is 2.75. The molecule has 2 amide bonds. The third kappa shape index (κ3) is 2.56. The number of anilines is 1. The standard InChI is InChI=1S/C13H16N2O3/c1-17-10-5-6-12(18-2)11(9-10)14-13(16)15-7-3-4-8-15/h3-6,9H,7-8H2,1-2H3,(H,14,16). The fourth-order valence-electron chi connectivity index (χ4n) is 1.75. The number of nitrogens with one attached hydrogen (secondary N) is 1. The summed E-state index contributed by atoms with van der Waals surface area (Å²) in [6.07, 6.45) is 3.92. The maximum absolute atomic E-state index is 12.0. The zero-order valence-electron chi connectivity index (χ0n) is 10.5. The van der Waals surface area contributed by atoms with Crippen molar-refractivity contribution in [3.8, 4) is 11.5 Å². The van der Waals surface area contributed by atoms with E-state index in [1.807, 2.05) is 12.2 Å². The largest absolute Gasteiger partial charge is 0.497 e. The Bertz CT molecular complexity index is 463. The molecule has 18 heavy (non-hydrogen) atoms. The van der Waals surface area contributed by atoms with Gasteiger partial charge in [-0.2, -0.15) is 0 Å². The van der Waals surface area contributed by atoms with E-state index >= 15 is 0 Å². The second-order valence-electron chi connectivity index (χ2n) is 3.87. The summed E-state index contributed by atoms with van der Waals surface area (Å²) in [6.45, 7) is 1.27. The highest BCUT2D eigenvalue weighted by Crippen LogP contribution is 2.29. The molecule has 5 heteroatoms. The van der Waals surface area contributed by atoms with Crippen LogP contribution in [0.15, 0.2) is 30.4 Å². The summed E-state index contributed by atoms with van der Waals surface area (Å²) < 4.78 is 10.3. The molecule has 96 valence electrons. The van der Waals surface area contributed by atoms with Gasteiger partial charge in [0.25, 0.3) is 0 Å². The molecule has 0 fully saturated rings. The van der Waals surface area contributed by atoms with E-state index in [1.54, 1.807) is 37.3 Å². The van der Waals surface area contributed by atoms with Crippen LogP contribution in [0.5, 0.6) is 11.5 Å². The molecule has 0 saturated heterocycles. The minimum absolute atomic E-state index is 0.147. The van der Waals surface area contributed by atoms with Crippen molar-refractivity contribution in [2.75, 3.05) is 32.6 Å². The highest BCUT2D eigenvalue weighted by molar-refractivity contribution is 5.91. The predicted octanol–water partition coefficient (Wildman–Crippen LogP) is 2.11. The van der Waals surface area contributed by atoms with Crippen molar-refractivity contribution in [3.05, 3.63) is 30.4 Å². The molecule has 1 aliphatic heterocycles. The van der Waals surface area contributed by atoms with E-state index in [0.717, 1.165) is 0 Å². The molecule has 0 aromatic heterocycles. The first-order chi connectivity index (χ1) is 8.74. The van der Waals surface area contributed by atoms with Crippen LogP contribution < -0.4 is 14.8 Å². The number of hydrogen-bond acceptors (Lipinski definition) is 3. The summed E-state index contributed by atoms with van der Waals surface area (Å²) in [5.74, 6) is 1.28. The molecule has 1 heterocycles. The summed E-state index contributed by atoms with van der Waals surface area (Å²) >= 11 is 0. The molecular formula is C13H16N2O3. The molecule has 0 unspecified atom stereocenters. The molecular weight excluding hydrogens is 232 g/mol. The minimum atomic E-state index is -0.147. The Hall–Kier alpha value is -2.17. The SMILES string of the molecule is COc1ccc(OC)c(NC(=O)N2CC=CC2)c1. The van der Waals surface area contributed by atoms with Gasteiger partial charge in [-0.15, -0.1) is 0 Å². The molecule has 1 aliphatic rings. The second kappa shape index (κ2) is 5.44. The number of hydrogen-bond donors (Lipinski definition) is 1. The molecule has 0 radical (unpaired) electrons. The molecule has 5 nitrogen and oxygen atoms in total. The Morgan fingerprint density at radius 2 is 1.94 bits per heavy atom. The number of ether oxygens (including phenoxy) is 2. The van der Waals surface area contributed by atoms with E-state index in [1.165, 1.54) is 0 Å². The van der Waals surface area contributed by atoms with Crippen LogP contribution in [0.1, 0.15) is 0 Å². The van der Waals surface area contributed by atoms with Gasteiger partial charge < -0.3 is 19.7 Å². The highest BCUT2D eigenvalue weighted by atomic mass is 16.5. The molecule has 1 aromatic rings. The van der Waals surface area contributed by atoms with Gasteiger partial charge in [0.15, 0.2) is 0 Å². The second-order valence-corrected chi connectivity index (χ2v) is 3.87. The van der Waals surface area contributed by atoms with E-state index in [4.69, 9.17) is 9.47 Å². The van der Waals surface area contributed by atoms with E-state index in [0.29, 0.717) is 30.3 Å². The molecule has 0 atom stereocenters. The maximum atomic E-state index is 12.0. The van der Waals surface area contributed by atoms with Crippen LogP contribution in [0.4, 0.5) is 10.5 Å². The first-order valence-corrected chi connectivity index (χ1v) is 5.67. The molecule has 0 spiro atoms. The lowest BCUT2D eigenvalue weighted by Gasteiger charge is -2.18. The summed E-state index contributed by atoms with van der Waals surface area (Å²) in [5.41, 5.74) is 0.605. The van der Waals surface area contributed by atoms with E-state index in [2.05, 4.69) is 5.32 Å². The lowest BCUT2D eigenvalue weighted by atomic mass is 10.2. The van der Waals surface area contributed by atoms with Crippen molar-refractivity contribution in [1.82, 2.24) is 4.90 Å². The van der Waals surface area contributed by atoms with Crippen molar-refractivity contribution in [2.24, 2.45) is 0 Å². The fourth-order valence-corrected chi connectivity index (χ4v) is 1.75. The predicted molar refractivity (Wildman–Crippen MR) is 69.3 cm³/mol. The molecule has 0 bridgehead atoms. The van der Waals surface area contributed by atoms with Crippen molar-refractivity contribution in [3.63, 3.8) is 0 Å². The topological polar surface area (TPSA) is 50.8 Å². The number of nitrogens with zero attached hydrogens (tertiary/aromatic N) is 1. The zero-order chi connectivity index (χ0) is 13.0. The molecule has 0 aliphatic carbocycles. The summed E-state index contributed by atoms with van der Waals surface area (Å²) in [5, 5.41) is 2.82. The van der Waals surface area contributed by atoms with Crippen LogP contribution in [0.2, 0.25) is 0 Å². The smallest absolute Gasteiger partial charge is 0.322 e. The van der Waals surface area contributed by atoms with Gasteiger partial charge in [0.05, 0.1) is 19.9 Å². The monoisotopic (exact) mass is 248 g/mol. The van der Waals surface area contributed by atoms with E-state index in [9.17, 15) is 4.79 Å². The molecule has 0 saturated carbocycles. The van der Waals surface area contributed by atoms with Crippen LogP contribution in [0, 0.1) is 0 Å². The number of methoxy groups -OCH3 is 2. The minimum Gasteiger partial charge on any atom is -0.497 e. The number of amides is 2. The number of rotatable bonds is 3. The lowest BCUT2D eigenvalue weighted by molar-refractivity contribution is 0.224. The van der Waals surface area contributed by atoms with Crippen LogP contribution in [0.25, 0.3) is 0 Å². The van der Waals surface area contributed by atoms with Crippen molar-refractivity contribution in [2.45, 2.75) is 0 Å². The van der Waals surface area contributed by atoms with Crippen molar-refractivity contribution in [1.29, 1.82) is 0 Å². The maximum Gasteiger partial charge on any atom is 0.322 e. The van der Waals surface area contributed by atoms with Crippen LogP contribution in [0.3, 0.4) is 0 Å². The normalized spacial score (nSPS) is 13.6. The van der Waals surface area contributed by atoms with Gasteiger partial charge in [-0.25, -0.2) is 4.79 Å². The van der Waals surface area contributed by atoms with Crippen molar-refractivity contribution >= 4 is 11.7 Å². The first kappa shape index (κ1) is 12.3. The Labute approximate surface area is 106 Å². The zero-order valence-corrected chi connectivity index (χ0v) is 10.5. The van der Waals surface area contributed by atoms with Gasteiger partial charge in [0.2, 0.25) is 0 Å². The Morgan fingerprint density at radius 3 is 2.56 bits per heavy atom. The van der Waals surface area contributed by atoms with E-state index < -0.39 is 0 Å². The first-order valence-electron chi connectivity index (χ1n) is 5.67. The van der Waals surface area contributed by atoms with Crippen LogP contribution >= 0.6 is 0 Å². The Kier molecular flexibility index (Phi) is 3.72. The van der Waals surface area contributed by atoms with Gasteiger partial charge in [-0.05, 0) is 12.1 Å². The molecule has 1 aromatic carbocycles. The van der Waals surface area contributed by atoms with Crippen LogP contribution in [-0.2, 0) is 0 Å². The Balaban J connectivity index is 2.13.